The smallest absolute Gasteiger partial charge is 0.317 e. The van der Waals surface area contributed by atoms with Crippen molar-refractivity contribution in [3.8, 4) is 0 Å². The number of hydrogen-bond acceptors (Lipinski definition) is 2. The molecule has 0 aromatic carbocycles. The van der Waals surface area contributed by atoms with Crippen molar-refractivity contribution in [3.05, 3.63) is 12.7 Å². The molecule has 2 amide bonds. The molecule has 0 heterocycles. The van der Waals surface area contributed by atoms with Crippen LogP contribution in [0.2, 0.25) is 0 Å². The maximum absolute atomic E-state index is 12.3. The van der Waals surface area contributed by atoms with Gasteiger partial charge in [-0.1, -0.05) is 25.3 Å². The van der Waals surface area contributed by atoms with Gasteiger partial charge >= 0.3 is 12.0 Å². The lowest BCUT2D eigenvalue weighted by Gasteiger charge is -2.44. The fraction of sp³-hybridized carbons (Fsp3) is 0.733. The third-order valence-electron chi connectivity index (χ3n) is 4.17. The van der Waals surface area contributed by atoms with Crippen LogP contribution in [0.3, 0.4) is 0 Å². The Labute approximate surface area is 121 Å². The number of urea groups is 1. The quantitative estimate of drug-likeness (QED) is 0.736. The minimum Gasteiger partial charge on any atom is -0.481 e. The molecular weight excluding hydrogens is 256 g/mol. The highest BCUT2D eigenvalue weighted by Gasteiger charge is 2.40. The van der Waals surface area contributed by atoms with E-state index in [1.807, 2.05) is 6.92 Å². The predicted molar refractivity (Wildman–Crippen MR) is 78.6 cm³/mol. The van der Waals surface area contributed by atoms with E-state index >= 15 is 0 Å². The van der Waals surface area contributed by atoms with Crippen LogP contribution in [0.25, 0.3) is 0 Å². The summed E-state index contributed by atoms with van der Waals surface area (Å²) in [5, 5.41) is 12.1. The van der Waals surface area contributed by atoms with E-state index in [9.17, 15) is 9.59 Å². The van der Waals surface area contributed by atoms with Gasteiger partial charge in [-0.05, 0) is 26.2 Å². The number of carboxylic acid groups (broad SMARTS) is 1. The Balaban J connectivity index is 2.76. The van der Waals surface area contributed by atoms with Crippen molar-refractivity contribution in [2.75, 3.05) is 7.05 Å². The third kappa shape index (κ3) is 4.25. The van der Waals surface area contributed by atoms with Crippen LogP contribution in [-0.2, 0) is 4.79 Å². The second-order valence-corrected chi connectivity index (χ2v) is 5.79. The second kappa shape index (κ2) is 7.31. The van der Waals surface area contributed by atoms with E-state index in [1.165, 1.54) is 0 Å². The van der Waals surface area contributed by atoms with Gasteiger partial charge in [0.25, 0.3) is 0 Å². The molecule has 0 aliphatic heterocycles. The molecular formula is C15H26N2O3. The molecule has 0 bridgehead atoms. The monoisotopic (exact) mass is 282 g/mol. The first-order valence-electron chi connectivity index (χ1n) is 7.28. The largest absolute Gasteiger partial charge is 0.481 e. The molecule has 20 heavy (non-hydrogen) atoms. The molecule has 1 fully saturated rings. The number of nitrogens with zero attached hydrogens (tertiary/aromatic N) is 1. The van der Waals surface area contributed by atoms with Gasteiger partial charge in [-0.2, -0.15) is 0 Å². The van der Waals surface area contributed by atoms with Crippen LogP contribution in [0.4, 0.5) is 4.79 Å². The summed E-state index contributed by atoms with van der Waals surface area (Å²) in [4.78, 5) is 25.1. The van der Waals surface area contributed by atoms with Crippen molar-refractivity contribution in [3.63, 3.8) is 0 Å². The summed E-state index contributed by atoms with van der Waals surface area (Å²) in [7, 11) is 1.71. The van der Waals surface area contributed by atoms with E-state index in [0.717, 1.165) is 32.1 Å². The van der Waals surface area contributed by atoms with Crippen molar-refractivity contribution in [1.29, 1.82) is 0 Å². The first kappa shape index (κ1) is 16.5. The number of carbonyl (C=O) groups excluding carboxylic acids is 1. The van der Waals surface area contributed by atoms with Gasteiger partial charge < -0.3 is 15.3 Å². The van der Waals surface area contributed by atoms with Crippen molar-refractivity contribution in [2.24, 2.45) is 0 Å². The van der Waals surface area contributed by atoms with E-state index in [1.54, 1.807) is 18.0 Å². The Morgan fingerprint density at radius 3 is 2.50 bits per heavy atom. The Morgan fingerprint density at radius 2 is 2.00 bits per heavy atom. The molecule has 5 nitrogen and oxygen atoms in total. The van der Waals surface area contributed by atoms with E-state index in [4.69, 9.17) is 5.11 Å². The van der Waals surface area contributed by atoms with Gasteiger partial charge in [0.2, 0.25) is 0 Å². The van der Waals surface area contributed by atoms with Crippen molar-refractivity contribution >= 4 is 12.0 Å². The van der Waals surface area contributed by atoms with E-state index in [-0.39, 0.29) is 18.5 Å². The summed E-state index contributed by atoms with van der Waals surface area (Å²) in [6.07, 6.45) is 7.08. The second-order valence-electron chi connectivity index (χ2n) is 5.79. The molecule has 1 rings (SSSR count). The van der Waals surface area contributed by atoms with Crippen molar-refractivity contribution in [2.45, 2.75) is 63.5 Å². The van der Waals surface area contributed by atoms with Gasteiger partial charge in [0.1, 0.15) is 0 Å². The number of aliphatic carboxylic acids is 1. The highest BCUT2D eigenvalue weighted by atomic mass is 16.4. The average Bonchev–Trinajstić information content (AvgIpc) is 2.38. The highest BCUT2D eigenvalue weighted by molar-refractivity contribution is 5.77. The fourth-order valence-corrected chi connectivity index (χ4v) is 2.95. The zero-order valence-corrected chi connectivity index (χ0v) is 12.5. The Hall–Kier alpha value is -1.52. The molecule has 1 aliphatic rings. The van der Waals surface area contributed by atoms with Crippen LogP contribution in [-0.4, -0.2) is 40.6 Å². The normalized spacial score (nSPS) is 18.9. The van der Waals surface area contributed by atoms with Crippen molar-refractivity contribution < 1.29 is 14.7 Å². The molecule has 0 saturated heterocycles. The molecule has 0 radical (unpaired) electrons. The third-order valence-corrected chi connectivity index (χ3v) is 4.17. The molecule has 1 aliphatic carbocycles. The lowest BCUT2D eigenvalue weighted by atomic mass is 9.78. The number of rotatable bonds is 6. The van der Waals surface area contributed by atoms with Crippen molar-refractivity contribution in [1.82, 2.24) is 10.2 Å². The van der Waals surface area contributed by atoms with Crippen LogP contribution in [0.15, 0.2) is 12.7 Å². The first-order chi connectivity index (χ1) is 9.41. The first-order valence-corrected chi connectivity index (χ1v) is 7.28. The number of carbonyl (C=O) groups is 2. The molecule has 2 N–H and O–H groups in total. The predicted octanol–water partition coefficient (Wildman–Crippen LogP) is 2.77. The fourth-order valence-electron chi connectivity index (χ4n) is 2.95. The summed E-state index contributed by atoms with van der Waals surface area (Å²) >= 11 is 0. The summed E-state index contributed by atoms with van der Waals surface area (Å²) < 4.78 is 0. The number of nitrogens with one attached hydrogen (secondary N) is 1. The van der Waals surface area contributed by atoms with Gasteiger partial charge in [-0.25, -0.2) is 4.79 Å². The topological polar surface area (TPSA) is 69.6 Å². The minimum absolute atomic E-state index is 0.00733. The van der Waals surface area contributed by atoms with Crippen LogP contribution in [0.5, 0.6) is 0 Å². The Morgan fingerprint density at radius 1 is 1.40 bits per heavy atom. The molecule has 0 spiro atoms. The minimum atomic E-state index is -0.842. The molecule has 1 atom stereocenters. The van der Waals surface area contributed by atoms with Crippen LogP contribution < -0.4 is 5.32 Å². The zero-order chi connectivity index (χ0) is 15.2. The van der Waals surface area contributed by atoms with E-state index < -0.39 is 11.5 Å². The lowest BCUT2D eigenvalue weighted by Crippen LogP contribution is -2.56. The Kier molecular flexibility index (Phi) is 6.05. The lowest BCUT2D eigenvalue weighted by molar-refractivity contribution is -0.140. The maximum Gasteiger partial charge on any atom is 0.317 e. The van der Waals surface area contributed by atoms with Gasteiger partial charge in [-0.15, -0.1) is 6.58 Å². The molecule has 1 unspecified atom stereocenters. The highest BCUT2D eigenvalue weighted by Crippen LogP contribution is 2.35. The van der Waals surface area contributed by atoms with Crippen LogP contribution in [0.1, 0.15) is 51.9 Å². The summed E-state index contributed by atoms with van der Waals surface area (Å²) in [6.45, 7) is 5.57. The molecule has 114 valence electrons. The number of hydrogen-bond donors (Lipinski definition) is 2. The standard InChI is InChI=1S/C15H26N2O3/c1-4-8-12(2)16-14(20)17(3)15(11-13(18)19)9-6-5-7-10-15/h4,12H,1,5-11H2,2-3H3,(H,16,20)(H,18,19). The van der Waals surface area contributed by atoms with E-state index in [0.29, 0.717) is 6.42 Å². The molecule has 1 saturated carbocycles. The summed E-state index contributed by atoms with van der Waals surface area (Å²) in [5.41, 5.74) is -0.540. The summed E-state index contributed by atoms with van der Waals surface area (Å²) in [6, 6.07) is -0.185. The average molecular weight is 282 g/mol. The Bertz CT molecular complexity index is 362. The molecule has 0 aromatic rings. The number of carboxylic acids is 1. The van der Waals surface area contributed by atoms with Crippen LogP contribution >= 0.6 is 0 Å². The maximum atomic E-state index is 12.3. The summed E-state index contributed by atoms with van der Waals surface area (Å²) in [5.74, 6) is -0.842. The SMILES string of the molecule is C=CCC(C)NC(=O)N(C)C1(CC(=O)O)CCCCC1. The van der Waals surface area contributed by atoms with Gasteiger partial charge in [0.15, 0.2) is 0 Å². The van der Waals surface area contributed by atoms with Gasteiger partial charge in [-0.3, -0.25) is 4.79 Å². The van der Waals surface area contributed by atoms with Gasteiger partial charge in [0.05, 0.1) is 12.0 Å². The molecule has 0 aromatic heterocycles. The van der Waals surface area contributed by atoms with E-state index in [2.05, 4.69) is 11.9 Å². The zero-order valence-electron chi connectivity index (χ0n) is 12.5. The van der Waals surface area contributed by atoms with Gasteiger partial charge in [0, 0.05) is 13.1 Å². The van der Waals surface area contributed by atoms with Crippen LogP contribution in [0, 0.1) is 0 Å². The number of amides is 2. The molecule has 5 heteroatoms.